The van der Waals surface area contributed by atoms with Gasteiger partial charge in [0.2, 0.25) is 0 Å². The molecule has 0 saturated carbocycles. The van der Waals surface area contributed by atoms with Crippen molar-refractivity contribution in [2.75, 3.05) is 5.01 Å². The molecule has 1 unspecified atom stereocenters. The van der Waals surface area contributed by atoms with Gasteiger partial charge in [0.05, 0.1) is 22.3 Å². The number of para-hydroxylation sites is 1. The average molecular weight is 322 g/mol. The fourth-order valence-electron chi connectivity index (χ4n) is 2.90. The number of hydrogen-bond donors (Lipinski definition) is 0. The van der Waals surface area contributed by atoms with Gasteiger partial charge in [0.25, 0.3) is 0 Å². The molecule has 4 rings (SSSR count). The lowest BCUT2D eigenvalue weighted by molar-refractivity contribution is 0.606. The number of anilines is 1. The van der Waals surface area contributed by atoms with Crippen LogP contribution < -0.4 is 5.01 Å². The van der Waals surface area contributed by atoms with Crippen molar-refractivity contribution in [3.05, 3.63) is 88.4 Å². The summed E-state index contributed by atoms with van der Waals surface area (Å²) in [5.74, 6) is -0.246. The summed E-state index contributed by atoms with van der Waals surface area (Å²) in [6.45, 7) is 0. The second-order valence-corrected chi connectivity index (χ2v) is 6.40. The first kappa shape index (κ1) is 14.2. The Kier molecular flexibility index (Phi) is 3.67. The van der Waals surface area contributed by atoms with E-state index in [1.165, 1.54) is 6.07 Å². The highest BCUT2D eigenvalue weighted by Crippen LogP contribution is 2.38. The summed E-state index contributed by atoms with van der Waals surface area (Å²) in [5.41, 5.74) is 2.68. The van der Waals surface area contributed by atoms with Crippen LogP contribution in [0.25, 0.3) is 0 Å². The molecule has 0 N–H and O–H groups in total. The van der Waals surface area contributed by atoms with Crippen LogP contribution in [-0.4, -0.2) is 5.71 Å². The zero-order valence-corrected chi connectivity index (χ0v) is 13.2. The molecule has 23 heavy (non-hydrogen) atoms. The van der Waals surface area contributed by atoms with E-state index in [-0.39, 0.29) is 11.9 Å². The average Bonchev–Trinajstić information content (AvgIpc) is 3.26. The maximum absolute atomic E-state index is 14.3. The summed E-state index contributed by atoms with van der Waals surface area (Å²) in [5, 5.41) is 8.60. The van der Waals surface area contributed by atoms with Crippen molar-refractivity contribution in [1.29, 1.82) is 0 Å². The Morgan fingerprint density at radius 1 is 0.957 bits per heavy atom. The van der Waals surface area contributed by atoms with E-state index >= 15 is 0 Å². The number of halogens is 1. The molecule has 0 spiro atoms. The molecule has 0 amide bonds. The Bertz CT molecular complexity index is 828. The molecular formula is C19H15FN2S. The van der Waals surface area contributed by atoms with E-state index in [9.17, 15) is 4.39 Å². The topological polar surface area (TPSA) is 15.6 Å². The van der Waals surface area contributed by atoms with Gasteiger partial charge in [-0.05, 0) is 29.1 Å². The quantitative estimate of drug-likeness (QED) is 0.643. The summed E-state index contributed by atoms with van der Waals surface area (Å²) >= 11 is 1.67. The fraction of sp³-hybridized carbons (Fsp3) is 0.105. The molecule has 2 nitrogen and oxygen atoms in total. The Morgan fingerprint density at radius 3 is 2.48 bits per heavy atom. The molecule has 114 valence electrons. The maximum atomic E-state index is 14.3. The molecule has 1 aromatic heterocycles. The minimum atomic E-state index is -0.246. The van der Waals surface area contributed by atoms with E-state index in [1.54, 1.807) is 23.5 Å². The Hall–Kier alpha value is -2.46. The van der Waals surface area contributed by atoms with Crippen LogP contribution in [0, 0.1) is 5.82 Å². The zero-order chi connectivity index (χ0) is 15.6. The Balaban J connectivity index is 1.79. The summed E-state index contributed by atoms with van der Waals surface area (Å²) in [7, 11) is 0. The van der Waals surface area contributed by atoms with Crippen molar-refractivity contribution in [1.82, 2.24) is 0 Å². The van der Waals surface area contributed by atoms with Gasteiger partial charge >= 0.3 is 0 Å². The van der Waals surface area contributed by atoms with Crippen molar-refractivity contribution < 1.29 is 4.39 Å². The third kappa shape index (κ3) is 2.66. The summed E-state index contributed by atoms with van der Waals surface area (Å²) < 4.78 is 14.3. The molecule has 2 aromatic carbocycles. The molecule has 2 heterocycles. The number of rotatable bonds is 3. The second-order valence-electron chi connectivity index (χ2n) is 5.45. The summed E-state index contributed by atoms with van der Waals surface area (Å²) in [6, 6.07) is 21.1. The molecule has 4 heteroatoms. The van der Waals surface area contributed by atoms with Gasteiger partial charge in [-0.25, -0.2) is 4.39 Å². The molecule has 1 aliphatic rings. The highest BCUT2D eigenvalue weighted by molar-refractivity contribution is 7.12. The largest absolute Gasteiger partial charge is 0.254 e. The number of hydrazone groups is 1. The molecule has 0 fully saturated rings. The van der Waals surface area contributed by atoms with Crippen LogP contribution in [-0.2, 0) is 0 Å². The smallest absolute Gasteiger partial charge is 0.148 e. The van der Waals surface area contributed by atoms with Gasteiger partial charge in [-0.15, -0.1) is 11.3 Å². The highest BCUT2D eigenvalue weighted by atomic mass is 32.1. The predicted octanol–water partition coefficient (Wildman–Crippen LogP) is 5.24. The standard InChI is InChI=1S/C19H15FN2S/c20-15-9-4-5-10-17(15)22-18(14-7-2-1-3-8-14)13-16(21-22)19-11-6-12-23-19/h1-12,18H,13H2. The van der Waals surface area contributed by atoms with Gasteiger partial charge in [-0.2, -0.15) is 5.10 Å². The lowest BCUT2D eigenvalue weighted by atomic mass is 10.0. The van der Waals surface area contributed by atoms with Crippen LogP contribution in [0.5, 0.6) is 0 Å². The third-order valence-corrected chi connectivity index (χ3v) is 4.92. The normalized spacial score (nSPS) is 17.3. The summed E-state index contributed by atoms with van der Waals surface area (Å²) in [6.07, 6.45) is 0.777. The van der Waals surface area contributed by atoms with Crippen LogP contribution in [0.15, 0.2) is 77.2 Å². The van der Waals surface area contributed by atoms with Crippen LogP contribution in [0.2, 0.25) is 0 Å². The molecule has 0 radical (unpaired) electrons. The second kappa shape index (κ2) is 5.97. The van der Waals surface area contributed by atoms with Crippen LogP contribution in [0.4, 0.5) is 10.1 Å². The maximum Gasteiger partial charge on any atom is 0.148 e. The minimum absolute atomic E-state index is 0.0187. The lowest BCUT2D eigenvalue weighted by Gasteiger charge is -2.24. The van der Waals surface area contributed by atoms with Crippen LogP contribution in [0.1, 0.15) is 22.9 Å². The molecule has 1 atom stereocenters. The van der Waals surface area contributed by atoms with Gasteiger partial charge in [0.15, 0.2) is 0 Å². The van der Waals surface area contributed by atoms with Gasteiger partial charge in [-0.3, -0.25) is 5.01 Å². The zero-order valence-electron chi connectivity index (χ0n) is 12.4. The van der Waals surface area contributed by atoms with Gasteiger partial charge in [0.1, 0.15) is 5.82 Å². The predicted molar refractivity (Wildman–Crippen MR) is 93.5 cm³/mol. The van der Waals surface area contributed by atoms with Gasteiger partial charge < -0.3 is 0 Å². The van der Waals surface area contributed by atoms with Crippen molar-refractivity contribution in [3.63, 3.8) is 0 Å². The fourth-order valence-corrected chi connectivity index (χ4v) is 3.62. The van der Waals surface area contributed by atoms with Crippen LogP contribution in [0.3, 0.4) is 0 Å². The van der Waals surface area contributed by atoms with E-state index in [0.717, 1.165) is 22.6 Å². The molecule has 1 aliphatic heterocycles. The monoisotopic (exact) mass is 322 g/mol. The van der Waals surface area contributed by atoms with Crippen molar-refractivity contribution in [3.8, 4) is 0 Å². The Morgan fingerprint density at radius 2 is 1.74 bits per heavy atom. The SMILES string of the molecule is Fc1ccccc1N1N=C(c2cccs2)CC1c1ccccc1. The highest BCUT2D eigenvalue weighted by Gasteiger charge is 2.31. The van der Waals surface area contributed by atoms with Gasteiger partial charge in [0, 0.05) is 6.42 Å². The minimum Gasteiger partial charge on any atom is -0.254 e. The van der Waals surface area contributed by atoms with Crippen molar-refractivity contribution >= 4 is 22.7 Å². The van der Waals surface area contributed by atoms with E-state index in [4.69, 9.17) is 5.10 Å². The first-order valence-electron chi connectivity index (χ1n) is 7.53. The number of nitrogens with zero attached hydrogens (tertiary/aromatic N) is 2. The van der Waals surface area contributed by atoms with E-state index < -0.39 is 0 Å². The first-order valence-corrected chi connectivity index (χ1v) is 8.41. The summed E-state index contributed by atoms with van der Waals surface area (Å²) in [4.78, 5) is 1.14. The Labute approximate surface area is 138 Å². The van der Waals surface area contributed by atoms with Crippen molar-refractivity contribution in [2.45, 2.75) is 12.5 Å². The molecule has 0 aliphatic carbocycles. The third-order valence-electron chi connectivity index (χ3n) is 4.00. The van der Waals surface area contributed by atoms with Crippen LogP contribution >= 0.6 is 11.3 Å². The molecule has 0 bridgehead atoms. The first-order chi connectivity index (χ1) is 11.3. The molecular weight excluding hydrogens is 307 g/mol. The lowest BCUT2D eigenvalue weighted by Crippen LogP contribution is -2.19. The number of thiophene rings is 1. The van der Waals surface area contributed by atoms with E-state index in [2.05, 4.69) is 18.2 Å². The number of benzene rings is 2. The molecule has 0 saturated heterocycles. The van der Waals surface area contributed by atoms with Gasteiger partial charge in [-0.1, -0.05) is 48.5 Å². The van der Waals surface area contributed by atoms with E-state index in [0.29, 0.717) is 5.69 Å². The number of hydrogen-bond acceptors (Lipinski definition) is 3. The van der Waals surface area contributed by atoms with E-state index in [1.807, 2.05) is 40.7 Å². The molecule has 3 aromatic rings. The van der Waals surface area contributed by atoms with Crippen molar-refractivity contribution in [2.24, 2.45) is 5.10 Å².